The highest BCUT2D eigenvalue weighted by Crippen LogP contribution is 2.32. The number of rotatable bonds is 6. The predicted octanol–water partition coefficient (Wildman–Crippen LogP) is 0.879. The summed E-state index contributed by atoms with van der Waals surface area (Å²) in [6, 6.07) is 8.43. The summed E-state index contributed by atoms with van der Waals surface area (Å²) in [7, 11) is 0. The van der Waals surface area contributed by atoms with Crippen LogP contribution in [0.2, 0.25) is 0 Å². The van der Waals surface area contributed by atoms with Crippen LogP contribution in [-0.2, 0) is 11.2 Å². The van der Waals surface area contributed by atoms with Gasteiger partial charge in [-0.25, -0.2) is 15.0 Å². The topological polar surface area (TPSA) is 126 Å². The molecule has 3 heterocycles. The van der Waals surface area contributed by atoms with Gasteiger partial charge in [0.2, 0.25) is 0 Å². The van der Waals surface area contributed by atoms with Gasteiger partial charge in [-0.3, -0.25) is 4.57 Å². The molecule has 0 radical (unpaired) electrons. The van der Waals surface area contributed by atoms with Crippen molar-refractivity contribution in [2.24, 2.45) is 0 Å². The number of ether oxygens (including phenoxy) is 1. The molecular weight excluding hydrogens is 386 g/mol. The molecule has 4 N–H and O–H groups in total. The minimum Gasteiger partial charge on any atom is -0.394 e. The zero-order chi connectivity index (χ0) is 20.7. The fraction of sp³-hybridized carbons (Fsp3) is 0.381. The first-order valence-corrected chi connectivity index (χ1v) is 9.98. The van der Waals surface area contributed by atoms with Crippen molar-refractivity contribution in [2.75, 3.05) is 18.5 Å². The van der Waals surface area contributed by atoms with Crippen molar-refractivity contribution < 1.29 is 20.1 Å². The molecule has 1 aromatic carbocycles. The van der Waals surface area contributed by atoms with Crippen LogP contribution in [0.4, 0.5) is 5.82 Å². The summed E-state index contributed by atoms with van der Waals surface area (Å²) in [5.41, 5.74) is 5.01. The van der Waals surface area contributed by atoms with Crippen LogP contribution in [0.1, 0.15) is 23.8 Å². The molecule has 0 bridgehead atoms. The molecular formula is C21H23N5O4. The number of imidazole rings is 1. The van der Waals surface area contributed by atoms with Gasteiger partial charge in [0.05, 0.1) is 12.9 Å². The van der Waals surface area contributed by atoms with E-state index < -0.39 is 24.5 Å². The second kappa shape index (κ2) is 7.77. The Morgan fingerprint density at radius 2 is 2.00 bits per heavy atom. The van der Waals surface area contributed by atoms with Crippen molar-refractivity contribution in [1.29, 1.82) is 0 Å². The second-order valence-electron chi connectivity index (χ2n) is 7.54. The number of hydrogen-bond donors (Lipinski definition) is 4. The fourth-order valence-corrected chi connectivity index (χ4v) is 4.18. The molecule has 156 valence electrons. The summed E-state index contributed by atoms with van der Waals surface area (Å²) in [6.45, 7) is 0.301. The van der Waals surface area contributed by atoms with E-state index in [2.05, 4.69) is 50.6 Å². The number of nitrogens with one attached hydrogen (secondary N) is 1. The fourth-order valence-electron chi connectivity index (χ4n) is 4.18. The van der Waals surface area contributed by atoms with Crippen LogP contribution in [0, 0.1) is 0 Å². The molecule has 30 heavy (non-hydrogen) atoms. The zero-order valence-corrected chi connectivity index (χ0v) is 16.2. The maximum Gasteiger partial charge on any atom is 0.167 e. The second-order valence-corrected chi connectivity index (χ2v) is 7.54. The van der Waals surface area contributed by atoms with Crippen LogP contribution in [0.5, 0.6) is 0 Å². The summed E-state index contributed by atoms with van der Waals surface area (Å²) in [6.07, 6.45) is 2.90. The molecule has 5 rings (SSSR count). The normalized spacial score (nSPS) is 25.5. The van der Waals surface area contributed by atoms with Crippen LogP contribution in [0.15, 0.2) is 43.0 Å². The maximum atomic E-state index is 10.3. The number of nitrogens with zero attached hydrogens (tertiary/aromatic N) is 4. The van der Waals surface area contributed by atoms with Gasteiger partial charge in [-0.1, -0.05) is 30.3 Å². The van der Waals surface area contributed by atoms with Gasteiger partial charge in [-0.2, -0.15) is 0 Å². The maximum absolute atomic E-state index is 10.3. The highest BCUT2D eigenvalue weighted by Gasteiger charge is 2.44. The standard InChI is InChI=1S/C21H23N5O4/c27-9-15-17(28)18(29)21(30-15)26-11-25-16-19(23-10-24-20(16)26)22-8-7-13-6-5-12-3-1-2-4-14(12)13/h1-4,6,10-11,15,17-18,21,27-29H,5,7-9H2,(H,22,23,24)/t15-,17?,18+,21-/m1/s1. The third-order valence-corrected chi connectivity index (χ3v) is 5.77. The number of aromatic nitrogens is 4. The van der Waals surface area contributed by atoms with Crippen molar-refractivity contribution in [1.82, 2.24) is 19.5 Å². The smallest absolute Gasteiger partial charge is 0.167 e. The largest absolute Gasteiger partial charge is 0.394 e. The molecule has 0 spiro atoms. The first-order chi connectivity index (χ1) is 14.7. The lowest BCUT2D eigenvalue weighted by molar-refractivity contribution is -0.0511. The van der Waals surface area contributed by atoms with E-state index in [0.29, 0.717) is 23.5 Å². The summed E-state index contributed by atoms with van der Waals surface area (Å²) in [5.74, 6) is 0.595. The van der Waals surface area contributed by atoms with Gasteiger partial charge in [0.15, 0.2) is 23.2 Å². The molecule has 0 amide bonds. The van der Waals surface area contributed by atoms with E-state index in [4.69, 9.17) is 4.74 Å². The van der Waals surface area contributed by atoms with Gasteiger partial charge >= 0.3 is 0 Å². The molecule has 1 unspecified atom stereocenters. The molecule has 2 aromatic heterocycles. The van der Waals surface area contributed by atoms with Crippen molar-refractivity contribution in [3.05, 3.63) is 54.1 Å². The Hall–Kier alpha value is -2.85. The molecule has 4 atom stereocenters. The monoisotopic (exact) mass is 409 g/mol. The van der Waals surface area contributed by atoms with E-state index >= 15 is 0 Å². The van der Waals surface area contributed by atoms with Crippen molar-refractivity contribution in [3.8, 4) is 0 Å². The Bertz CT molecular complexity index is 1100. The quantitative estimate of drug-likeness (QED) is 0.473. The Labute approximate surface area is 172 Å². The van der Waals surface area contributed by atoms with Gasteiger partial charge in [-0.05, 0) is 29.5 Å². The third-order valence-electron chi connectivity index (χ3n) is 5.77. The minimum atomic E-state index is -1.19. The Balaban J connectivity index is 1.32. The molecule has 1 saturated heterocycles. The van der Waals surface area contributed by atoms with E-state index in [1.165, 1.54) is 29.4 Å². The number of hydrogen-bond acceptors (Lipinski definition) is 8. The molecule has 2 aliphatic rings. The summed E-state index contributed by atoms with van der Waals surface area (Å²) < 4.78 is 7.15. The minimum absolute atomic E-state index is 0.387. The number of allylic oxidation sites excluding steroid dienone is 1. The lowest BCUT2D eigenvalue weighted by Crippen LogP contribution is -2.33. The summed E-state index contributed by atoms with van der Waals surface area (Å²) >= 11 is 0. The molecule has 1 fully saturated rings. The number of aliphatic hydroxyl groups is 3. The van der Waals surface area contributed by atoms with E-state index in [0.717, 1.165) is 12.8 Å². The number of fused-ring (bicyclic) bond motifs is 2. The first kappa shape index (κ1) is 19.1. The Kier molecular flexibility index (Phi) is 4.95. The number of anilines is 1. The van der Waals surface area contributed by atoms with Crippen LogP contribution < -0.4 is 5.32 Å². The highest BCUT2D eigenvalue weighted by atomic mass is 16.6. The number of aliphatic hydroxyl groups excluding tert-OH is 3. The summed E-state index contributed by atoms with van der Waals surface area (Å²) in [4.78, 5) is 13.0. The Morgan fingerprint density at radius 3 is 2.83 bits per heavy atom. The first-order valence-electron chi connectivity index (χ1n) is 9.98. The van der Waals surface area contributed by atoms with Gasteiger partial charge < -0.3 is 25.4 Å². The molecule has 3 aromatic rings. The third kappa shape index (κ3) is 3.16. The van der Waals surface area contributed by atoms with Gasteiger partial charge in [0, 0.05) is 6.54 Å². The molecule has 1 aliphatic heterocycles. The number of benzene rings is 1. The van der Waals surface area contributed by atoms with Crippen LogP contribution in [-0.4, -0.2) is 66.3 Å². The lowest BCUT2D eigenvalue weighted by atomic mass is 10.0. The SMILES string of the molecule is OC[C@H]1O[C@@H](n2cnc3c(NCCC4=CCc5ccccc54)ncnc32)[C@@H](O)C1O. The average molecular weight is 409 g/mol. The molecule has 9 nitrogen and oxygen atoms in total. The highest BCUT2D eigenvalue weighted by molar-refractivity contribution is 5.83. The summed E-state index contributed by atoms with van der Waals surface area (Å²) in [5, 5.41) is 33.0. The van der Waals surface area contributed by atoms with Crippen molar-refractivity contribution in [2.45, 2.75) is 37.4 Å². The zero-order valence-electron chi connectivity index (χ0n) is 16.2. The molecule has 9 heteroatoms. The average Bonchev–Trinajstić information content (AvgIpc) is 3.45. The van der Waals surface area contributed by atoms with Gasteiger partial charge in [-0.15, -0.1) is 0 Å². The van der Waals surface area contributed by atoms with E-state index in [1.807, 2.05) is 0 Å². The van der Waals surface area contributed by atoms with Gasteiger partial charge in [0.1, 0.15) is 24.6 Å². The van der Waals surface area contributed by atoms with E-state index in [1.54, 1.807) is 4.57 Å². The van der Waals surface area contributed by atoms with Crippen LogP contribution in [0.25, 0.3) is 16.7 Å². The lowest BCUT2D eigenvalue weighted by Gasteiger charge is -2.16. The van der Waals surface area contributed by atoms with Gasteiger partial charge in [0.25, 0.3) is 0 Å². The van der Waals surface area contributed by atoms with Crippen LogP contribution >= 0.6 is 0 Å². The van der Waals surface area contributed by atoms with E-state index in [-0.39, 0.29) is 6.61 Å². The van der Waals surface area contributed by atoms with Crippen LogP contribution in [0.3, 0.4) is 0 Å². The van der Waals surface area contributed by atoms with Crippen molar-refractivity contribution >= 4 is 22.6 Å². The molecule has 0 saturated carbocycles. The molecule has 1 aliphatic carbocycles. The van der Waals surface area contributed by atoms with Crippen molar-refractivity contribution in [3.63, 3.8) is 0 Å². The Morgan fingerprint density at radius 1 is 1.13 bits per heavy atom. The van der Waals surface area contributed by atoms with E-state index in [9.17, 15) is 15.3 Å². The predicted molar refractivity (Wildman–Crippen MR) is 110 cm³/mol.